The molecule has 18 heavy (non-hydrogen) atoms. The van der Waals surface area contributed by atoms with Gasteiger partial charge in [0.2, 0.25) is 6.79 Å². The van der Waals surface area contributed by atoms with E-state index in [4.69, 9.17) is 37.4 Å². The number of esters is 1. The van der Waals surface area contributed by atoms with Crippen molar-refractivity contribution in [2.45, 2.75) is 17.7 Å². The average Bonchev–Trinajstić information content (AvgIpc) is 2.68. The van der Waals surface area contributed by atoms with Crippen molar-refractivity contribution in [1.82, 2.24) is 0 Å². The number of halogens is 2. The highest BCUT2D eigenvalue weighted by molar-refractivity contribution is 6.53. The highest BCUT2D eigenvalue weighted by Gasteiger charge is 2.69. The van der Waals surface area contributed by atoms with Gasteiger partial charge in [-0.25, -0.2) is 0 Å². The molecule has 1 aromatic rings. The maximum Gasteiger partial charge on any atom is 0.320 e. The maximum absolute atomic E-state index is 11.9. The molecule has 0 bridgehead atoms. The molecule has 3 rings (SSSR count). The van der Waals surface area contributed by atoms with Crippen LogP contribution in [0.5, 0.6) is 17.2 Å². The van der Waals surface area contributed by atoms with Crippen LogP contribution in [-0.4, -0.2) is 17.1 Å². The quantitative estimate of drug-likeness (QED) is 0.477. The highest BCUT2D eigenvalue weighted by atomic mass is 35.5. The monoisotopic (exact) mass is 288 g/mol. The zero-order valence-electron chi connectivity index (χ0n) is 9.54. The van der Waals surface area contributed by atoms with E-state index in [1.54, 1.807) is 25.1 Å². The van der Waals surface area contributed by atoms with Crippen molar-refractivity contribution in [2.75, 3.05) is 6.79 Å². The fraction of sp³-hybridized carbons (Fsp3) is 0.417. The number of carbonyl (C=O) groups is 1. The Morgan fingerprint density at radius 2 is 2.00 bits per heavy atom. The third-order valence-corrected chi connectivity index (χ3v) is 4.36. The number of alkyl halides is 2. The van der Waals surface area contributed by atoms with Crippen LogP contribution in [0.4, 0.5) is 0 Å². The highest BCUT2D eigenvalue weighted by Crippen LogP contribution is 2.64. The molecular weight excluding hydrogens is 279 g/mol. The largest absolute Gasteiger partial charge is 0.454 e. The van der Waals surface area contributed by atoms with E-state index < -0.39 is 15.7 Å². The van der Waals surface area contributed by atoms with Crippen LogP contribution in [0.1, 0.15) is 13.3 Å². The summed E-state index contributed by atoms with van der Waals surface area (Å²) in [5.74, 6) is 1.15. The van der Waals surface area contributed by atoms with Gasteiger partial charge in [-0.3, -0.25) is 4.79 Å². The summed E-state index contributed by atoms with van der Waals surface area (Å²) in [5.41, 5.74) is -0.841. The number of rotatable bonds is 2. The molecule has 1 atom stereocenters. The number of hydrogen-bond donors (Lipinski definition) is 0. The average molecular weight is 289 g/mol. The van der Waals surface area contributed by atoms with E-state index in [1.807, 2.05) is 0 Å². The molecule has 1 heterocycles. The van der Waals surface area contributed by atoms with Crippen molar-refractivity contribution >= 4 is 29.2 Å². The van der Waals surface area contributed by atoms with Gasteiger partial charge in [-0.15, -0.1) is 23.2 Å². The van der Waals surface area contributed by atoms with Crippen LogP contribution in [0.15, 0.2) is 18.2 Å². The molecule has 1 aromatic carbocycles. The molecule has 96 valence electrons. The second kappa shape index (κ2) is 3.68. The summed E-state index contributed by atoms with van der Waals surface area (Å²) >= 11 is 11.8. The third kappa shape index (κ3) is 1.71. The van der Waals surface area contributed by atoms with Crippen LogP contribution in [0.3, 0.4) is 0 Å². The normalized spacial score (nSPS) is 26.8. The van der Waals surface area contributed by atoms with Gasteiger partial charge in [0, 0.05) is 12.5 Å². The maximum atomic E-state index is 11.9. The van der Waals surface area contributed by atoms with E-state index in [-0.39, 0.29) is 6.79 Å². The standard InChI is InChI=1S/C12H10Cl2O4/c1-11(5-12(11,13)14)10(15)18-7-2-3-8-9(4-7)17-6-16-8/h2-4H,5-6H2,1H3. The zero-order valence-corrected chi connectivity index (χ0v) is 11.0. The van der Waals surface area contributed by atoms with Crippen LogP contribution in [0.25, 0.3) is 0 Å². The van der Waals surface area contributed by atoms with Crippen molar-refractivity contribution < 1.29 is 19.0 Å². The molecule has 0 amide bonds. The topological polar surface area (TPSA) is 44.8 Å². The van der Waals surface area contributed by atoms with E-state index in [0.717, 1.165) is 0 Å². The third-order valence-electron chi connectivity index (χ3n) is 3.26. The van der Waals surface area contributed by atoms with Gasteiger partial charge in [0.1, 0.15) is 15.5 Å². The van der Waals surface area contributed by atoms with Crippen LogP contribution in [-0.2, 0) is 4.79 Å². The smallest absolute Gasteiger partial charge is 0.320 e. The van der Waals surface area contributed by atoms with E-state index in [0.29, 0.717) is 23.7 Å². The summed E-state index contributed by atoms with van der Waals surface area (Å²) in [6.07, 6.45) is 0.395. The molecule has 0 saturated heterocycles. The van der Waals surface area contributed by atoms with E-state index in [2.05, 4.69) is 0 Å². The van der Waals surface area contributed by atoms with Crippen molar-refractivity contribution in [2.24, 2.45) is 5.41 Å². The number of benzene rings is 1. The van der Waals surface area contributed by atoms with Gasteiger partial charge < -0.3 is 14.2 Å². The molecule has 4 nitrogen and oxygen atoms in total. The number of hydrogen-bond acceptors (Lipinski definition) is 4. The van der Waals surface area contributed by atoms with E-state index in [1.165, 1.54) is 0 Å². The molecule has 2 aliphatic rings. The minimum Gasteiger partial charge on any atom is -0.454 e. The lowest BCUT2D eigenvalue weighted by atomic mass is 10.1. The Balaban J connectivity index is 1.76. The van der Waals surface area contributed by atoms with Gasteiger partial charge >= 0.3 is 5.97 Å². The molecule has 0 aromatic heterocycles. The predicted octanol–water partition coefficient (Wildman–Crippen LogP) is 2.90. The number of fused-ring (bicyclic) bond motifs is 1. The van der Waals surface area contributed by atoms with Gasteiger partial charge in [0.05, 0.1) is 0 Å². The first kappa shape index (κ1) is 11.9. The fourth-order valence-corrected chi connectivity index (χ4v) is 2.47. The molecule has 6 heteroatoms. The Morgan fingerprint density at radius 1 is 1.33 bits per heavy atom. The van der Waals surface area contributed by atoms with E-state index >= 15 is 0 Å². The first-order valence-electron chi connectivity index (χ1n) is 5.42. The van der Waals surface area contributed by atoms with Gasteiger partial charge in [-0.05, 0) is 19.1 Å². The molecule has 1 fully saturated rings. The second-order valence-corrected chi connectivity index (χ2v) is 6.10. The Morgan fingerprint density at radius 3 is 2.67 bits per heavy atom. The molecule has 0 radical (unpaired) electrons. The van der Waals surface area contributed by atoms with Crippen LogP contribution in [0, 0.1) is 5.41 Å². The van der Waals surface area contributed by atoms with Crippen molar-refractivity contribution in [3.63, 3.8) is 0 Å². The van der Waals surface area contributed by atoms with Crippen LogP contribution < -0.4 is 14.2 Å². The second-order valence-electron chi connectivity index (χ2n) is 4.62. The SMILES string of the molecule is CC1(C(=O)Oc2ccc3c(c2)OCO3)CC1(Cl)Cl. The van der Waals surface area contributed by atoms with Crippen LogP contribution >= 0.6 is 23.2 Å². The minimum atomic E-state index is -1.03. The van der Waals surface area contributed by atoms with Crippen molar-refractivity contribution in [3.05, 3.63) is 18.2 Å². The number of ether oxygens (including phenoxy) is 3. The van der Waals surface area contributed by atoms with Gasteiger partial charge in [0.25, 0.3) is 0 Å². The molecular formula is C12H10Cl2O4. The zero-order chi connectivity index (χ0) is 13.0. The van der Waals surface area contributed by atoms with Crippen molar-refractivity contribution in [1.29, 1.82) is 0 Å². The van der Waals surface area contributed by atoms with Gasteiger partial charge in [-0.1, -0.05) is 0 Å². The summed E-state index contributed by atoms with van der Waals surface area (Å²) < 4.78 is 14.6. The Hall–Kier alpha value is -1.13. The lowest BCUT2D eigenvalue weighted by molar-refractivity contribution is -0.139. The van der Waals surface area contributed by atoms with E-state index in [9.17, 15) is 4.79 Å². The predicted molar refractivity (Wildman–Crippen MR) is 65.4 cm³/mol. The summed E-state index contributed by atoms with van der Waals surface area (Å²) in [5, 5.41) is 0. The summed E-state index contributed by atoms with van der Waals surface area (Å²) in [7, 11) is 0. The summed E-state index contributed by atoms with van der Waals surface area (Å²) in [6, 6.07) is 4.94. The Labute approximate surface area is 114 Å². The molecule has 1 saturated carbocycles. The lowest BCUT2D eigenvalue weighted by Gasteiger charge is -2.11. The molecule has 0 N–H and O–H groups in total. The summed E-state index contributed by atoms with van der Waals surface area (Å²) in [4.78, 5) is 11.9. The van der Waals surface area contributed by atoms with Gasteiger partial charge in [0.15, 0.2) is 11.5 Å². The lowest BCUT2D eigenvalue weighted by Crippen LogP contribution is -2.23. The van der Waals surface area contributed by atoms with Gasteiger partial charge in [-0.2, -0.15) is 0 Å². The number of carbonyl (C=O) groups excluding carboxylic acids is 1. The minimum absolute atomic E-state index is 0.177. The first-order valence-corrected chi connectivity index (χ1v) is 6.18. The fourth-order valence-electron chi connectivity index (χ4n) is 1.78. The Kier molecular flexibility index (Phi) is 2.44. The molecule has 1 aliphatic carbocycles. The molecule has 0 spiro atoms. The Bertz CT molecular complexity index is 529. The van der Waals surface area contributed by atoms with Crippen molar-refractivity contribution in [3.8, 4) is 17.2 Å². The van der Waals surface area contributed by atoms with Crippen LogP contribution in [0.2, 0.25) is 0 Å². The molecule has 1 aliphatic heterocycles. The molecule has 1 unspecified atom stereocenters. The summed E-state index contributed by atoms with van der Waals surface area (Å²) in [6.45, 7) is 1.86. The first-order chi connectivity index (χ1) is 8.42.